The van der Waals surface area contributed by atoms with Crippen LogP contribution in [0.5, 0.6) is 11.5 Å². The zero-order valence-corrected chi connectivity index (χ0v) is 19.6. The third-order valence-corrected chi connectivity index (χ3v) is 5.62. The van der Waals surface area contributed by atoms with E-state index in [9.17, 15) is 14.4 Å². The molecule has 3 amide bonds. The van der Waals surface area contributed by atoms with Crippen LogP contribution in [-0.4, -0.2) is 41.7 Å². The monoisotopic (exact) mass is 484 g/mol. The largest absolute Gasteiger partial charge is 0.490 e. The lowest BCUT2D eigenvalue weighted by molar-refractivity contribution is -0.122. The van der Waals surface area contributed by atoms with E-state index in [1.807, 2.05) is 19.1 Å². The van der Waals surface area contributed by atoms with Crippen molar-refractivity contribution < 1.29 is 23.9 Å². The molecule has 3 rings (SSSR count). The number of hydrogen-bond acceptors (Lipinski definition) is 6. The maximum absolute atomic E-state index is 12.4. The number of ether oxygens (including phenoxy) is 2. The van der Waals surface area contributed by atoms with E-state index < -0.39 is 11.1 Å². The summed E-state index contributed by atoms with van der Waals surface area (Å²) in [6.45, 7) is 3.70. The third kappa shape index (κ3) is 6.09. The van der Waals surface area contributed by atoms with E-state index >= 15 is 0 Å². The molecule has 1 N–H and O–H groups in total. The summed E-state index contributed by atoms with van der Waals surface area (Å²) in [7, 11) is 0. The molecule has 0 saturated carbocycles. The van der Waals surface area contributed by atoms with Gasteiger partial charge in [-0.25, -0.2) is 0 Å². The summed E-state index contributed by atoms with van der Waals surface area (Å²) in [5.74, 6) is 1.98. The minimum absolute atomic E-state index is 0.0929. The van der Waals surface area contributed by atoms with Crippen LogP contribution >= 0.6 is 23.4 Å². The second-order valence-electron chi connectivity index (χ2n) is 6.94. The lowest BCUT2D eigenvalue weighted by Gasteiger charge is -2.14. The van der Waals surface area contributed by atoms with Crippen LogP contribution in [0.2, 0.25) is 5.02 Å². The highest BCUT2D eigenvalue weighted by molar-refractivity contribution is 8.18. The van der Waals surface area contributed by atoms with E-state index in [2.05, 4.69) is 11.2 Å². The maximum Gasteiger partial charge on any atom is 0.294 e. The number of terminal acetylenes is 1. The first-order chi connectivity index (χ1) is 15.8. The maximum atomic E-state index is 12.4. The normalized spacial score (nSPS) is 14.4. The fourth-order valence-electron chi connectivity index (χ4n) is 2.92. The molecule has 2 aromatic rings. The molecule has 1 aliphatic heterocycles. The summed E-state index contributed by atoms with van der Waals surface area (Å²) in [6.07, 6.45) is 6.75. The molecular formula is C24H21ClN2O5S. The SMILES string of the molecule is C#CCN1C(=O)S/C(=C/c2cc(Cl)c(OCC(=O)Nc3ccc(C)cc3)c(OCC)c2)C1=O. The van der Waals surface area contributed by atoms with Gasteiger partial charge in [0.05, 0.1) is 23.1 Å². The second-order valence-corrected chi connectivity index (χ2v) is 8.34. The Kier molecular flexibility index (Phi) is 8.04. The number of aryl methyl sites for hydroxylation is 1. The Bertz CT molecular complexity index is 1150. The quantitative estimate of drug-likeness (QED) is 0.430. The number of imide groups is 1. The van der Waals surface area contributed by atoms with Crippen molar-refractivity contribution in [1.29, 1.82) is 0 Å². The van der Waals surface area contributed by atoms with Crippen LogP contribution in [-0.2, 0) is 9.59 Å². The lowest BCUT2D eigenvalue weighted by atomic mass is 10.1. The number of carbonyl (C=O) groups excluding carboxylic acids is 3. The van der Waals surface area contributed by atoms with E-state index in [0.29, 0.717) is 23.6 Å². The highest BCUT2D eigenvalue weighted by Gasteiger charge is 2.34. The standard InChI is InChI=1S/C24H21ClN2O5S/c1-4-10-27-23(29)20(33-24(27)30)13-16-11-18(25)22(19(12-16)31-5-2)32-14-21(28)26-17-8-6-15(3)7-9-17/h1,6-9,11-13H,5,10,14H2,2-3H3,(H,26,28)/b20-13+. The third-order valence-electron chi connectivity index (χ3n) is 4.44. The van der Waals surface area contributed by atoms with Crippen molar-refractivity contribution >= 4 is 52.2 Å². The van der Waals surface area contributed by atoms with E-state index in [4.69, 9.17) is 27.5 Å². The molecular weight excluding hydrogens is 464 g/mol. The van der Waals surface area contributed by atoms with Gasteiger partial charge in [-0.1, -0.05) is 35.2 Å². The van der Waals surface area contributed by atoms with Gasteiger partial charge < -0.3 is 14.8 Å². The Morgan fingerprint density at radius 2 is 1.97 bits per heavy atom. The van der Waals surface area contributed by atoms with Crippen molar-refractivity contribution in [2.45, 2.75) is 13.8 Å². The number of anilines is 1. The molecule has 0 bridgehead atoms. The number of halogens is 1. The van der Waals surface area contributed by atoms with Gasteiger partial charge in [0.25, 0.3) is 17.1 Å². The molecule has 1 fully saturated rings. The first-order valence-corrected chi connectivity index (χ1v) is 11.2. The molecule has 0 spiro atoms. The van der Waals surface area contributed by atoms with E-state index in [-0.39, 0.29) is 34.7 Å². The van der Waals surface area contributed by atoms with Crippen molar-refractivity contribution in [2.24, 2.45) is 0 Å². The van der Waals surface area contributed by atoms with Crippen LogP contribution in [0, 0.1) is 19.3 Å². The van der Waals surface area contributed by atoms with Gasteiger partial charge in [0.2, 0.25) is 0 Å². The fraction of sp³-hybridized carbons (Fsp3) is 0.208. The second kappa shape index (κ2) is 10.9. The number of nitrogens with zero attached hydrogens (tertiary/aromatic N) is 1. The molecule has 0 radical (unpaired) electrons. The molecule has 1 aliphatic rings. The predicted octanol–water partition coefficient (Wildman–Crippen LogP) is 4.73. The smallest absolute Gasteiger partial charge is 0.294 e. The average Bonchev–Trinajstić information content (AvgIpc) is 3.02. The van der Waals surface area contributed by atoms with Gasteiger partial charge in [-0.2, -0.15) is 0 Å². The number of benzene rings is 2. The van der Waals surface area contributed by atoms with E-state index in [0.717, 1.165) is 22.2 Å². The van der Waals surface area contributed by atoms with Crippen LogP contribution in [0.15, 0.2) is 41.3 Å². The Labute approximate surface area is 201 Å². The number of rotatable bonds is 8. The highest BCUT2D eigenvalue weighted by Crippen LogP contribution is 2.39. The van der Waals surface area contributed by atoms with Gasteiger partial charge in [-0.3, -0.25) is 19.3 Å². The topological polar surface area (TPSA) is 84.9 Å². The summed E-state index contributed by atoms with van der Waals surface area (Å²) >= 11 is 7.20. The predicted molar refractivity (Wildman–Crippen MR) is 129 cm³/mol. The number of thioether (sulfide) groups is 1. The number of hydrogen-bond donors (Lipinski definition) is 1. The molecule has 0 aromatic heterocycles. The fourth-order valence-corrected chi connectivity index (χ4v) is 4.04. The Morgan fingerprint density at radius 1 is 1.24 bits per heavy atom. The number of nitrogens with one attached hydrogen (secondary N) is 1. The minimum Gasteiger partial charge on any atom is -0.490 e. The Morgan fingerprint density at radius 3 is 2.64 bits per heavy atom. The van der Waals surface area contributed by atoms with Crippen molar-refractivity contribution in [3.63, 3.8) is 0 Å². The lowest BCUT2D eigenvalue weighted by Crippen LogP contribution is -2.28. The van der Waals surface area contributed by atoms with Crippen LogP contribution < -0.4 is 14.8 Å². The van der Waals surface area contributed by atoms with Gasteiger partial charge >= 0.3 is 0 Å². The number of carbonyl (C=O) groups is 3. The molecule has 2 aromatic carbocycles. The van der Waals surface area contributed by atoms with E-state index in [1.165, 1.54) is 6.08 Å². The van der Waals surface area contributed by atoms with Crippen LogP contribution in [0.25, 0.3) is 6.08 Å². The summed E-state index contributed by atoms with van der Waals surface area (Å²) in [5.41, 5.74) is 2.27. The first-order valence-electron chi connectivity index (χ1n) is 9.96. The summed E-state index contributed by atoms with van der Waals surface area (Å²) in [5, 5.41) is 2.51. The van der Waals surface area contributed by atoms with Crippen molar-refractivity contribution in [3.8, 4) is 23.8 Å². The van der Waals surface area contributed by atoms with Crippen molar-refractivity contribution in [2.75, 3.05) is 25.1 Å². The highest BCUT2D eigenvalue weighted by atomic mass is 35.5. The molecule has 170 valence electrons. The molecule has 9 heteroatoms. The summed E-state index contributed by atoms with van der Waals surface area (Å²) in [4.78, 5) is 37.9. The van der Waals surface area contributed by atoms with E-state index in [1.54, 1.807) is 31.2 Å². The zero-order chi connectivity index (χ0) is 24.0. The van der Waals surface area contributed by atoms with Gasteiger partial charge in [-0.05, 0) is 61.5 Å². The molecule has 7 nitrogen and oxygen atoms in total. The van der Waals surface area contributed by atoms with Crippen LogP contribution in [0.1, 0.15) is 18.1 Å². The van der Waals surface area contributed by atoms with Gasteiger partial charge in [0.15, 0.2) is 18.1 Å². The molecule has 0 unspecified atom stereocenters. The molecule has 1 saturated heterocycles. The summed E-state index contributed by atoms with van der Waals surface area (Å²) < 4.78 is 11.3. The molecule has 0 aliphatic carbocycles. The minimum atomic E-state index is -0.467. The summed E-state index contributed by atoms with van der Waals surface area (Å²) in [6, 6.07) is 10.6. The van der Waals surface area contributed by atoms with Gasteiger partial charge in [0, 0.05) is 5.69 Å². The van der Waals surface area contributed by atoms with Crippen LogP contribution in [0.4, 0.5) is 10.5 Å². The Hall–Kier alpha value is -3.41. The number of amides is 3. The first kappa shape index (κ1) is 24.2. The van der Waals surface area contributed by atoms with Crippen molar-refractivity contribution in [3.05, 3.63) is 57.5 Å². The molecule has 1 heterocycles. The molecule has 33 heavy (non-hydrogen) atoms. The zero-order valence-electron chi connectivity index (χ0n) is 18.0. The van der Waals surface area contributed by atoms with Gasteiger partial charge in [-0.15, -0.1) is 6.42 Å². The Balaban J connectivity index is 1.76. The average molecular weight is 485 g/mol. The van der Waals surface area contributed by atoms with Crippen LogP contribution in [0.3, 0.4) is 0 Å². The van der Waals surface area contributed by atoms with Crippen molar-refractivity contribution in [1.82, 2.24) is 4.90 Å². The molecule has 0 atom stereocenters. The van der Waals surface area contributed by atoms with Gasteiger partial charge in [0.1, 0.15) is 0 Å².